The summed E-state index contributed by atoms with van der Waals surface area (Å²) in [5, 5.41) is 10.6. The third kappa shape index (κ3) is 4.20. The van der Waals surface area contributed by atoms with Gasteiger partial charge < -0.3 is 21.9 Å². The number of hydrogen-bond donors (Lipinski definition) is 4. The van der Waals surface area contributed by atoms with Crippen molar-refractivity contribution < 1.29 is 14.7 Å². The first-order valence-electron chi connectivity index (χ1n) is 4.68. The molecule has 0 heterocycles. The first kappa shape index (κ1) is 12.5. The van der Waals surface area contributed by atoms with Crippen LogP contribution < -0.4 is 16.8 Å². The number of aliphatic imine (C=N–C) groups is 1. The number of carboxylic acids is 1. The van der Waals surface area contributed by atoms with E-state index in [2.05, 4.69) is 10.3 Å². The zero-order valence-electron chi connectivity index (χ0n) is 8.88. The summed E-state index contributed by atoms with van der Waals surface area (Å²) in [6.07, 6.45) is 0. The molecule has 0 aliphatic carbocycles. The van der Waals surface area contributed by atoms with Crippen LogP contribution in [0.15, 0.2) is 29.3 Å². The fourth-order valence-electron chi connectivity index (χ4n) is 1.12. The molecule has 17 heavy (non-hydrogen) atoms. The summed E-state index contributed by atoms with van der Waals surface area (Å²) in [5.74, 6) is -1.73. The second-order valence-corrected chi connectivity index (χ2v) is 3.16. The molecule has 0 saturated carbocycles. The second-order valence-electron chi connectivity index (χ2n) is 3.16. The number of amides is 1. The molecule has 0 unspecified atom stereocenters. The Bertz CT molecular complexity index is 466. The first-order valence-corrected chi connectivity index (χ1v) is 4.68. The lowest BCUT2D eigenvalue weighted by molar-refractivity contribution is -0.135. The van der Waals surface area contributed by atoms with Crippen LogP contribution in [0, 0.1) is 0 Å². The van der Waals surface area contributed by atoms with Gasteiger partial charge in [0.25, 0.3) is 5.91 Å². The van der Waals surface area contributed by atoms with Gasteiger partial charge in [0.05, 0.1) is 5.69 Å². The van der Waals surface area contributed by atoms with Crippen LogP contribution in [-0.4, -0.2) is 29.5 Å². The molecule has 0 aliphatic rings. The Labute approximate surface area is 97.1 Å². The van der Waals surface area contributed by atoms with Crippen LogP contribution in [0.4, 0.5) is 5.69 Å². The molecule has 0 spiro atoms. The highest BCUT2D eigenvalue weighted by atomic mass is 16.4. The monoisotopic (exact) mass is 236 g/mol. The van der Waals surface area contributed by atoms with Gasteiger partial charge in [-0.05, 0) is 18.2 Å². The van der Waals surface area contributed by atoms with E-state index in [9.17, 15) is 9.59 Å². The predicted molar refractivity (Wildman–Crippen MR) is 61.9 cm³/mol. The Morgan fingerprint density at radius 2 is 2.06 bits per heavy atom. The molecule has 6 N–H and O–H groups in total. The summed E-state index contributed by atoms with van der Waals surface area (Å²) >= 11 is 0. The van der Waals surface area contributed by atoms with Gasteiger partial charge >= 0.3 is 5.97 Å². The number of carboxylic acid groups (broad SMARTS) is 1. The lowest BCUT2D eigenvalue weighted by Crippen LogP contribution is -2.29. The summed E-state index contributed by atoms with van der Waals surface area (Å²) < 4.78 is 0. The molecule has 0 fully saturated rings. The summed E-state index contributed by atoms with van der Waals surface area (Å²) in [5.41, 5.74) is 11.1. The van der Waals surface area contributed by atoms with Crippen LogP contribution in [0.1, 0.15) is 10.4 Å². The smallest absolute Gasteiger partial charge is 0.322 e. The van der Waals surface area contributed by atoms with Gasteiger partial charge in [-0.25, -0.2) is 4.99 Å². The fourth-order valence-corrected chi connectivity index (χ4v) is 1.12. The molecule has 0 saturated heterocycles. The lowest BCUT2D eigenvalue weighted by atomic mass is 10.2. The van der Waals surface area contributed by atoms with Gasteiger partial charge in [0.15, 0.2) is 5.96 Å². The van der Waals surface area contributed by atoms with Gasteiger partial charge in [0.2, 0.25) is 0 Å². The highest BCUT2D eigenvalue weighted by Gasteiger charge is 2.07. The number of rotatable bonds is 4. The molecule has 1 aromatic rings. The summed E-state index contributed by atoms with van der Waals surface area (Å²) in [6, 6.07) is 6.20. The minimum absolute atomic E-state index is 0.118. The Kier molecular flexibility index (Phi) is 4.04. The number of carbonyl (C=O) groups excluding carboxylic acids is 1. The highest BCUT2D eigenvalue weighted by molar-refractivity contribution is 5.96. The van der Waals surface area contributed by atoms with E-state index in [4.69, 9.17) is 16.6 Å². The van der Waals surface area contributed by atoms with Crippen molar-refractivity contribution in [2.24, 2.45) is 16.5 Å². The van der Waals surface area contributed by atoms with Gasteiger partial charge in [0.1, 0.15) is 6.54 Å². The zero-order valence-corrected chi connectivity index (χ0v) is 8.88. The minimum Gasteiger partial charge on any atom is -0.480 e. The maximum atomic E-state index is 11.5. The molecular formula is C10H12N4O3. The molecule has 0 atom stereocenters. The quantitative estimate of drug-likeness (QED) is 0.409. The normalized spacial score (nSPS) is 9.41. The van der Waals surface area contributed by atoms with Crippen LogP contribution in [0.2, 0.25) is 0 Å². The molecule has 0 bridgehead atoms. The number of nitrogens with zero attached hydrogens (tertiary/aromatic N) is 1. The molecule has 7 nitrogen and oxygen atoms in total. The predicted octanol–water partition coefficient (Wildman–Crippen LogP) is -0.594. The maximum Gasteiger partial charge on any atom is 0.322 e. The average molecular weight is 236 g/mol. The van der Waals surface area contributed by atoms with E-state index < -0.39 is 18.4 Å². The summed E-state index contributed by atoms with van der Waals surface area (Å²) in [7, 11) is 0. The number of nitrogens with two attached hydrogens (primary N) is 2. The summed E-state index contributed by atoms with van der Waals surface area (Å²) in [4.78, 5) is 25.6. The van der Waals surface area contributed by atoms with Crippen molar-refractivity contribution in [2.75, 3.05) is 6.54 Å². The van der Waals surface area contributed by atoms with Crippen LogP contribution in [0.5, 0.6) is 0 Å². The molecule has 1 aromatic carbocycles. The maximum absolute atomic E-state index is 11.5. The summed E-state index contributed by atoms with van der Waals surface area (Å²) in [6.45, 7) is -0.439. The van der Waals surface area contributed by atoms with E-state index in [1.54, 1.807) is 12.1 Å². The Morgan fingerprint density at radius 3 is 2.65 bits per heavy atom. The van der Waals surface area contributed by atoms with Crippen molar-refractivity contribution in [1.82, 2.24) is 5.32 Å². The van der Waals surface area contributed by atoms with E-state index in [1.807, 2.05) is 0 Å². The van der Waals surface area contributed by atoms with Gasteiger partial charge in [-0.2, -0.15) is 0 Å². The van der Waals surface area contributed by atoms with Crippen molar-refractivity contribution in [2.45, 2.75) is 0 Å². The number of benzene rings is 1. The van der Waals surface area contributed by atoms with Crippen LogP contribution >= 0.6 is 0 Å². The van der Waals surface area contributed by atoms with Crippen molar-refractivity contribution in [1.29, 1.82) is 0 Å². The topological polar surface area (TPSA) is 131 Å². The number of nitrogens with one attached hydrogen (secondary N) is 1. The number of guanidine groups is 1. The SMILES string of the molecule is NC(N)=Nc1cccc(C(=O)NCC(=O)O)c1. The fraction of sp³-hybridized carbons (Fsp3) is 0.100. The van der Waals surface area contributed by atoms with Gasteiger partial charge in [-0.15, -0.1) is 0 Å². The Morgan fingerprint density at radius 1 is 1.35 bits per heavy atom. The molecule has 7 heteroatoms. The third-order valence-corrected chi connectivity index (χ3v) is 1.77. The number of aliphatic carboxylic acids is 1. The number of hydrogen-bond acceptors (Lipinski definition) is 3. The molecule has 0 aromatic heterocycles. The molecule has 90 valence electrons. The highest BCUT2D eigenvalue weighted by Crippen LogP contribution is 2.13. The molecule has 1 rings (SSSR count). The van der Waals surface area contributed by atoms with E-state index in [-0.39, 0.29) is 11.5 Å². The van der Waals surface area contributed by atoms with Crippen LogP contribution in [0.25, 0.3) is 0 Å². The van der Waals surface area contributed by atoms with E-state index in [0.29, 0.717) is 5.69 Å². The van der Waals surface area contributed by atoms with Crippen LogP contribution in [0.3, 0.4) is 0 Å². The number of carbonyl (C=O) groups is 2. The lowest BCUT2D eigenvalue weighted by Gasteiger charge is -2.03. The van der Waals surface area contributed by atoms with Gasteiger partial charge in [-0.3, -0.25) is 9.59 Å². The molecule has 1 amide bonds. The van der Waals surface area contributed by atoms with E-state index in [1.165, 1.54) is 12.1 Å². The second kappa shape index (κ2) is 5.50. The molecule has 0 aliphatic heterocycles. The van der Waals surface area contributed by atoms with Crippen molar-refractivity contribution >= 4 is 23.5 Å². The van der Waals surface area contributed by atoms with Crippen molar-refractivity contribution in [3.05, 3.63) is 29.8 Å². The van der Waals surface area contributed by atoms with E-state index in [0.717, 1.165) is 0 Å². The van der Waals surface area contributed by atoms with Crippen molar-refractivity contribution in [3.63, 3.8) is 0 Å². The third-order valence-electron chi connectivity index (χ3n) is 1.77. The molecular weight excluding hydrogens is 224 g/mol. The minimum atomic E-state index is -1.11. The Balaban J connectivity index is 2.81. The first-order chi connectivity index (χ1) is 7.99. The van der Waals surface area contributed by atoms with Gasteiger partial charge in [0, 0.05) is 5.56 Å². The largest absolute Gasteiger partial charge is 0.480 e. The standard InChI is InChI=1S/C10H12N4O3/c11-10(12)14-7-3-1-2-6(4-7)9(17)13-5-8(15)16/h1-4H,5H2,(H,13,17)(H,15,16)(H4,11,12,14). The average Bonchev–Trinajstić information content (AvgIpc) is 2.25. The van der Waals surface area contributed by atoms with Crippen molar-refractivity contribution in [3.8, 4) is 0 Å². The Hall–Kier alpha value is -2.57. The van der Waals surface area contributed by atoms with E-state index >= 15 is 0 Å². The zero-order chi connectivity index (χ0) is 12.8. The molecule has 0 radical (unpaired) electrons. The van der Waals surface area contributed by atoms with Crippen LogP contribution in [-0.2, 0) is 4.79 Å². The van der Waals surface area contributed by atoms with Gasteiger partial charge in [-0.1, -0.05) is 6.07 Å².